The second-order valence-electron chi connectivity index (χ2n) is 3.75. The van der Waals surface area contributed by atoms with Gasteiger partial charge in [-0.1, -0.05) is 24.3 Å². The number of hydrogen-bond donors (Lipinski definition) is 3. The molecular formula is C12H13N3O2. The summed E-state index contributed by atoms with van der Waals surface area (Å²) < 4.78 is 0. The molecule has 0 saturated heterocycles. The van der Waals surface area contributed by atoms with Crippen LogP contribution in [0.4, 0.5) is 5.82 Å². The minimum absolute atomic E-state index is 0.0808. The van der Waals surface area contributed by atoms with Crippen LogP contribution in [0.5, 0.6) is 0 Å². The van der Waals surface area contributed by atoms with E-state index in [9.17, 15) is 4.79 Å². The van der Waals surface area contributed by atoms with Gasteiger partial charge >= 0.3 is 5.97 Å². The highest BCUT2D eigenvalue weighted by atomic mass is 16.4. The molecule has 0 amide bonds. The van der Waals surface area contributed by atoms with Crippen molar-refractivity contribution in [1.29, 1.82) is 0 Å². The van der Waals surface area contributed by atoms with Gasteiger partial charge in [-0.15, -0.1) is 0 Å². The SMILES string of the molecule is Cc1ccccc1CNc1cc(C(=O)O)[nH]n1. The van der Waals surface area contributed by atoms with Crippen molar-refractivity contribution in [2.45, 2.75) is 13.5 Å². The molecule has 0 saturated carbocycles. The predicted octanol–water partition coefficient (Wildman–Crippen LogP) is 2.03. The highest BCUT2D eigenvalue weighted by molar-refractivity contribution is 5.86. The second kappa shape index (κ2) is 4.69. The molecule has 1 aromatic carbocycles. The normalized spacial score (nSPS) is 10.2. The maximum absolute atomic E-state index is 10.6. The lowest BCUT2D eigenvalue weighted by Crippen LogP contribution is -2.01. The van der Waals surface area contributed by atoms with Gasteiger partial charge in [-0.05, 0) is 18.1 Å². The summed E-state index contributed by atoms with van der Waals surface area (Å²) in [5.41, 5.74) is 2.43. The van der Waals surface area contributed by atoms with E-state index in [1.165, 1.54) is 11.6 Å². The van der Waals surface area contributed by atoms with Crippen molar-refractivity contribution in [2.75, 3.05) is 5.32 Å². The number of benzene rings is 1. The molecule has 0 atom stereocenters. The van der Waals surface area contributed by atoms with Gasteiger partial charge in [-0.25, -0.2) is 4.79 Å². The maximum Gasteiger partial charge on any atom is 0.353 e. The third kappa shape index (κ3) is 2.63. The molecule has 0 radical (unpaired) electrons. The van der Waals surface area contributed by atoms with Gasteiger partial charge in [0.15, 0.2) is 0 Å². The molecule has 5 heteroatoms. The summed E-state index contributed by atoms with van der Waals surface area (Å²) in [6.07, 6.45) is 0. The molecule has 0 fully saturated rings. The first-order valence-corrected chi connectivity index (χ1v) is 5.24. The first-order chi connectivity index (χ1) is 8.16. The zero-order chi connectivity index (χ0) is 12.3. The number of carboxylic acids is 1. The highest BCUT2D eigenvalue weighted by Gasteiger charge is 2.07. The van der Waals surface area contributed by atoms with Gasteiger partial charge < -0.3 is 10.4 Å². The molecule has 5 nitrogen and oxygen atoms in total. The van der Waals surface area contributed by atoms with E-state index < -0.39 is 5.97 Å². The Morgan fingerprint density at radius 2 is 2.24 bits per heavy atom. The minimum atomic E-state index is -1.01. The molecule has 0 aliphatic heterocycles. The third-order valence-electron chi connectivity index (χ3n) is 2.53. The molecule has 1 heterocycles. The monoisotopic (exact) mass is 231 g/mol. The first kappa shape index (κ1) is 11.2. The van der Waals surface area contributed by atoms with Crippen LogP contribution in [0.2, 0.25) is 0 Å². The summed E-state index contributed by atoms with van der Waals surface area (Å²) in [5.74, 6) is -0.480. The van der Waals surface area contributed by atoms with Crippen LogP contribution in [0.25, 0.3) is 0 Å². The number of aromatic nitrogens is 2. The number of nitrogens with one attached hydrogen (secondary N) is 2. The molecule has 0 aliphatic rings. The number of aromatic amines is 1. The van der Waals surface area contributed by atoms with Crippen molar-refractivity contribution in [3.05, 3.63) is 47.2 Å². The lowest BCUT2D eigenvalue weighted by Gasteiger charge is -2.05. The molecule has 17 heavy (non-hydrogen) atoms. The Kier molecular flexibility index (Phi) is 3.09. The molecule has 88 valence electrons. The van der Waals surface area contributed by atoms with E-state index in [0.717, 1.165) is 5.56 Å². The number of aryl methyl sites for hydroxylation is 1. The number of anilines is 1. The van der Waals surface area contributed by atoms with Crippen LogP contribution in [0.15, 0.2) is 30.3 Å². The van der Waals surface area contributed by atoms with E-state index in [-0.39, 0.29) is 5.69 Å². The Balaban J connectivity index is 2.02. The fourth-order valence-electron chi connectivity index (χ4n) is 1.52. The third-order valence-corrected chi connectivity index (χ3v) is 2.53. The van der Waals surface area contributed by atoms with Gasteiger partial charge in [0.1, 0.15) is 11.5 Å². The van der Waals surface area contributed by atoms with Gasteiger partial charge in [-0.2, -0.15) is 5.10 Å². The smallest absolute Gasteiger partial charge is 0.353 e. The Morgan fingerprint density at radius 3 is 2.88 bits per heavy atom. The first-order valence-electron chi connectivity index (χ1n) is 5.24. The molecule has 0 aliphatic carbocycles. The summed E-state index contributed by atoms with van der Waals surface area (Å²) in [4.78, 5) is 10.6. The van der Waals surface area contributed by atoms with Crippen LogP contribution >= 0.6 is 0 Å². The average molecular weight is 231 g/mol. The van der Waals surface area contributed by atoms with Gasteiger partial charge in [0, 0.05) is 12.6 Å². The van der Waals surface area contributed by atoms with E-state index in [1.807, 2.05) is 31.2 Å². The fraction of sp³-hybridized carbons (Fsp3) is 0.167. The van der Waals surface area contributed by atoms with Gasteiger partial charge in [0.2, 0.25) is 0 Å². The topological polar surface area (TPSA) is 78.0 Å². The summed E-state index contributed by atoms with van der Waals surface area (Å²) in [5, 5.41) is 18.1. The zero-order valence-electron chi connectivity index (χ0n) is 9.40. The predicted molar refractivity (Wildman–Crippen MR) is 64.1 cm³/mol. The zero-order valence-corrected chi connectivity index (χ0v) is 9.40. The number of nitrogens with zero attached hydrogens (tertiary/aromatic N) is 1. The Hall–Kier alpha value is -2.30. The molecular weight excluding hydrogens is 218 g/mol. The molecule has 0 bridgehead atoms. The van der Waals surface area contributed by atoms with Crippen LogP contribution < -0.4 is 5.32 Å². The summed E-state index contributed by atoms with van der Waals surface area (Å²) in [7, 11) is 0. The van der Waals surface area contributed by atoms with E-state index in [0.29, 0.717) is 12.4 Å². The maximum atomic E-state index is 10.6. The Morgan fingerprint density at radius 1 is 1.47 bits per heavy atom. The largest absolute Gasteiger partial charge is 0.477 e. The number of carbonyl (C=O) groups is 1. The fourth-order valence-corrected chi connectivity index (χ4v) is 1.52. The Bertz CT molecular complexity index is 534. The molecule has 2 aromatic rings. The number of H-pyrrole nitrogens is 1. The number of hydrogen-bond acceptors (Lipinski definition) is 3. The number of carboxylic acid groups (broad SMARTS) is 1. The Labute approximate surface area is 98.5 Å². The summed E-state index contributed by atoms with van der Waals surface area (Å²) in [6, 6.07) is 9.48. The second-order valence-corrected chi connectivity index (χ2v) is 3.75. The minimum Gasteiger partial charge on any atom is -0.477 e. The van der Waals surface area contributed by atoms with Crippen LogP contribution in [-0.4, -0.2) is 21.3 Å². The van der Waals surface area contributed by atoms with Crippen molar-refractivity contribution in [2.24, 2.45) is 0 Å². The summed E-state index contributed by atoms with van der Waals surface area (Å²) >= 11 is 0. The van der Waals surface area contributed by atoms with E-state index in [4.69, 9.17) is 5.11 Å². The summed E-state index contributed by atoms with van der Waals surface area (Å²) in [6.45, 7) is 2.65. The van der Waals surface area contributed by atoms with Crippen LogP contribution in [0, 0.1) is 6.92 Å². The van der Waals surface area contributed by atoms with Gasteiger partial charge in [0.05, 0.1) is 0 Å². The quantitative estimate of drug-likeness (QED) is 0.752. The van der Waals surface area contributed by atoms with Crippen molar-refractivity contribution in [3.8, 4) is 0 Å². The molecule has 3 N–H and O–H groups in total. The van der Waals surface area contributed by atoms with E-state index >= 15 is 0 Å². The lowest BCUT2D eigenvalue weighted by atomic mass is 10.1. The van der Waals surface area contributed by atoms with Crippen LogP contribution in [0.3, 0.4) is 0 Å². The average Bonchev–Trinajstić information content (AvgIpc) is 2.77. The standard InChI is InChI=1S/C12H13N3O2/c1-8-4-2-3-5-9(8)7-13-11-6-10(12(16)17)14-15-11/h2-6H,7H2,1H3,(H,16,17)(H2,13,14,15). The van der Waals surface area contributed by atoms with Gasteiger partial charge in [-0.3, -0.25) is 5.10 Å². The number of aromatic carboxylic acids is 1. The van der Waals surface area contributed by atoms with Crippen molar-refractivity contribution < 1.29 is 9.90 Å². The van der Waals surface area contributed by atoms with Crippen molar-refractivity contribution in [1.82, 2.24) is 10.2 Å². The van der Waals surface area contributed by atoms with Crippen LogP contribution in [-0.2, 0) is 6.54 Å². The van der Waals surface area contributed by atoms with E-state index in [2.05, 4.69) is 15.5 Å². The van der Waals surface area contributed by atoms with Crippen molar-refractivity contribution >= 4 is 11.8 Å². The van der Waals surface area contributed by atoms with E-state index in [1.54, 1.807) is 0 Å². The number of rotatable bonds is 4. The molecule has 0 unspecified atom stereocenters. The van der Waals surface area contributed by atoms with Crippen LogP contribution in [0.1, 0.15) is 21.6 Å². The lowest BCUT2D eigenvalue weighted by molar-refractivity contribution is 0.0690. The highest BCUT2D eigenvalue weighted by Crippen LogP contribution is 2.11. The molecule has 1 aromatic heterocycles. The molecule has 2 rings (SSSR count). The molecule has 0 spiro atoms. The van der Waals surface area contributed by atoms with Gasteiger partial charge in [0.25, 0.3) is 0 Å². The van der Waals surface area contributed by atoms with Crippen molar-refractivity contribution in [3.63, 3.8) is 0 Å².